The molecule has 0 spiro atoms. The zero-order valence-corrected chi connectivity index (χ0v) is 28.0. The lowest BCUT2D eigenvalue weighted by molar-refractivity contribution is -0.139. The Balaban J connectivity index is 1.19. The van der Waals surface area contributed by atoms with Crippen LogP contribution >= 0.6 is 0 Å². The molecule has 8 nitrogen and oxygen atoms in total. The Morgan fingerprint density at radius 2 is 1.55 bits per heavy atom. The van der Waals surface area contributed by atoms with Crippen LogP contribution in [0.4, 0.5) is 23.2 Å². The lowest BCUT2D eigenvalue weighted by Crippen LogP contribution is -2.17. The summed E-state index contributed by atoms with van der Waals surface area (Å²) in [5, 5.41) is 2.42. The molecule has 0 saturated heterocycles. The molecule has 0 fully saturated rings. The van der Waals surface area contributed by atoms with Crippen LogP contribution in [-0.4, -0.2) is 37.8 Å². The Morgan fingerprint density at radius 1 is 0.784 bits per heavy atom. The zero-order valence-electron chi connectivity index (χ0n) is 28.0. The van der Waals surface area contributed by atoms with E-state index in [2.05, 4.69) is 10.3 Å². The van der Waals surface area contributed by atoms with Crippen LogP contribution in [0.1, 0.15) is 29.2 Å². The number of rotatable bonds is 16. The molecule has 5 aromatic rings. The van der Waals surface area contributed by atoms with E-state index in [0.717, 1.165) is 29.0 Å². The molecule has 0 radical (unpaired) electrons. The first-order valence-corrected chi connectivity index (χ1v) is 16.1. The van der Waals surface area contributed by atoms with Gasteiger partial charge in [-0.2, -0.15) is 13.2 Å². The number of carbonyl (C=O) groups is 1. The summed E-state index contributed by atoms with van der Waals surface area (Å²) in [4.78, 5) is 17.2. The average molecular weight is 705 g/mol. The van der Waals surface area contributed by atoms with Gasteiger partial charge in [0.25, 0.3) is 5.88 Å². The van der Waals surface area contributed by atoms with E-state index in [-0.39, 0.29) is 37.0 Å². The van der Waals surface area contributed by atoms with Gasteiger partial charge in [0.2, 0.25) is 5.91 Å². The Bertz CT molecular complexity index is 1900. The molecule has 0 bridgehead atoms. The minimum Gasteiger partial charge on any atom is -0.497 e. The summed E-state index contributed by atoms with van der Waals surface area (Å²) >= 11 is 0. The van der Waals surface area contributed by atoms with Gasteiger partial charge in [0.15, 0.2) is 5.75 Å². The first-order valence-electron chi connectivity index (χ1n) is 16.1. The first-order chi connectivity index (χ1) is 24.6. The molecule has 4 aromatic carbocycles. The summed E-state index contributed by atoms with van der Waals surface area (Å²) < 4.78 is 84.4. The van der Waals surface area contributed by atoms with Crippen molar-refractivity contribution in [1.29, 1.82) is 0 Å². The molecule has 0 atom stereocenters. The van der Waals surface area contributed by atoms with Crippen LogP contribution in [0.2, 0.25) is 0 Å². The van der Waals surface area contributed by atoms with Gasteiger partial charge >= 0.3 is 6.18 Å². The fourth-order valence-corrected chi connectivity index (χ4v) is 5.01. The highest BCUT2D eigenvalue weighted by Gasteiger charge is 2.35. The Kier molecular flexibility index (Phi) is 12.5. The topological polar surface area (TPSA) is 88.1 Å². The molecule has 266 valence electrons. The highest BCUT2D eigenvalue weighted by atomic mass is 19.4. The van der Waals surface area contributed by atoms with E-state index >= 15 is 4.39 Å². The third-order valence-electron chi connectivity index (χ3n) is 7.56. The van der Waals surface area contributed by atoms with Crippen LogP contribution < -0.4 is 24.3 Å². The number of hydrogen-bond donors (Lipinski definition) is 1. The molecule has 0 aliphatic heterocycles. The lowest BCUT2D eigenvalue weighted by atomic mass is 10.0. The van der Waals surface area contributed by atoms with Crippen molar-refractivity contribution < 1.29 is 46.0 Å². The van der Waals surface area contributed by atoms with E-state index in [9.17, 15) is 18.0 Å². The number of nitrogens with one attached hydrogen (secondary N) is 1. The van der Waals surface area contributed by atoms with Gasteiger partial charge in [-0.25, -0.2) is 9.37 Å². The van der Waals surface area contributed by atoms with Gasteiger partial charge in [0, 0.05) is 17.4 Å². The predicted molar refractivity (Wildman–Crippen MR) is 183 cm³/mol. The van der Waals surface area contributed by atoms with Gasteiger partial charge < -0.3 is 29.0 Å². The smallest absolute Gasteiger partial charge is 0.420 e. The van der Waals surface area contributed by atoms with Crippen LogP contribution in [0.25, 0.3) is 11.1 Å². The van der Waals surface area contributed by atoms with Crippen molar-refractivity contribution in [3.8, 4) is 34.3 Å². The Hall–Kier alpha value is -5.62. The van der Waals surface area contributed by atoms with Crippen molar-refractivity contribution >= 4 is 11.6 Å². The number of alkyl halides is 3. The number of aromatic nitrogens is 1. The van der Waals surface area contributed by atoms with Crippen molar-refractivity contribution in [2.75, 3.05) is 32.2 Å². The molecule has 0 aliphatic rings. The molecule has 1 aromatic heterocycles. The third kappa shape index (κ3) is 10.4. The molecule has 0 saturated carbocycles. The Morgan fingerprint density at radius 3 is 2.25 bits per heavy atom. The summed E-state index contributed by atoms with van der Waals surface area (Å²) in [6.07, 6.45) is -3.64. The molecular formula is C39H36F4N2O6. The number of hydrogen-bond acceptors (Lipinski definition) is 7. The summed E-state index contributed by atoms with van der Waals surface area (Å²) in [6, 6.07) is 25.9. The Labute approximate surface area is 292 Å². The maximum Gasteiger partial charge on any atom is 0.420 e. The van der Waals surface area contributed by atoms with E-state index in [1.54, 1.807) is 19.2 Å². The number of benzene rings is 4. The van der Waals surface area contributed by atoms with Gasteiger partial charge in [-0.3, -0.25) is 4.79 Å². The molecule has 5 rings (SSSR count). The van der Waals surface area contributed by atoms with Crippen molar-refractivity contribution in [3.05, 3.63) is 131 Å². The SMILES string of the molecule is CCOc1cc(-c2ccc(CC(=O)Nc3ccc(OCCOCc4ccccc4)c(C(F)(F)F)c3)c(F)c2)cnc1OCc1ccc(OC)cc1. The van der Waals surface area contributed by atoms with Gasteiger partial charge in [-0.15, -0.1) is 0 Å². The lowest BCUT2D eigenvalue weighted by Gasteiger charge is -2.16. The maximum atomic E-state index is 15.2. The monoisotopic (exact) mass is 704 g/mol. The molecule has 0 unspecified atom stereocenters. The van der Waals surface area contributed by atoms with Gasteiger partial charge in [0.05, 0.1) is 38.9 Å². The predicted octanol–water partition coefficient (Wildman–Crippen LogP) is 8.67. The molecule has 12 heteroatoms. The average Bonchev–Trinajstić information content (AvgIpc) is 3.12. The number of anilines is 1. The normalized spacial score (nSPS) is 11.2. The quantitative estimate of drug-likeness (QED) is 0.0813. The summed E-state index contributed by atoms with van der Waals surface area (Å²) in [5.74, 6) is -0.400. The van der Waals surface area contributed by atoms with E-state index in [1.807, 2.05) is 61.5 Å². The zero-order chi connectivity index (χ0) is 36.2. The highest BCUT2D eigenvalue weighted by molar-refractivity contribution is 5.92. The number of carbonyl (C=O) groups excluding carboxylic acids is 1. The second-order valence-electron chi connectivity index (χ2n) is 11.2. The molecule has 1 amide bonds. The summed E-state index contributed by atoms with van der Waals surface area (Å²) in [7, 11) is 1.59. The van der Waals surface area contributed by atoms with Crippen LogP contribution in [0.5, 0.6) is 23.1 Å². The van der Waals surface area contributed by atoms with Crippen molar-refractivity contribution in [3.63, 3.8) is 0 Å². The van der Waals surface area contributed by atoms with E-state index < -0.39 is 35.6 Å². The first kappa shape index (κ1) is 36.7. The largest absolute Gasteiger partial charge is 0.497 e. The van der Waals surface area contributed by atoms with Gasteiger partial charge in [0.1, 0.15) is 30.5 Å². The summed E-state index contributed by atoms with van der Waals surface area (Å²) in [6.45, 7) is 2.66. The molecule has 51 heavy (non-hydrogen) atoms. The van der Waals surface area contributed by atoms with Crippen molar-refractivity contribution in [2.45, 2.75) is 32.7 Å². The van der Waals surface area contributed by atoms with Crippen LogP contribution in [-0.2, 0) is 35.3 Å². The van der Waals surface area contributed by atoms with E-state index in [4.69, 9.17) is 23.7 Å². The number of methoxy groups -OCH3 is 1. The number of ether oxygens (including phenoxy) is 5. The fourth-order valence-electron chi connectivity index (χ4n) is 5.01. The van der Waals surface area contributed by atoms with Gasteiger partial charge in [-0.1, -0.05) is 54.6 Å². The number of halogens is 4. The van der Waals surface area contributed by atoms with Crippen molar-refractivity contribution in [2.24, 2.45) is 0 Å². The highest BCUT2D eigenvalue weighted by Crippen LogP contribution is 2.38. The third-order valence-corrected chi connectivity index (χ3v) is 7.56. The maximum absolute atomic E-state index is 15.2. The van der Waals surface area contributed by atoms with Gasteiger partial charge in [-0.05, 0) is 71.6 Å². The molecule has 0 aliphatic carbocycles. The second-order valence-corrected chi connectivity index (χ2v) is 11.2. The molecular weight excluding hydrogens is 668 g/mol. The van der Waals surface area contributed by atoms with Crippen LogP contribution in [0.3, 0.4) is 0 Å². The number of nitrogens with zero attached hydrogens (tertiary/aromatic N) is 1. The molecule has 1 N–H and O–H groups in total. The second kappa shape index (κ2) is 17.3. The fraction of sp³-hybridized carbons (Fsp3) is 0.231. The molecule has 1 heterocycles. The van der Waals surface area contributed by atoms with Crippen molar-refractivity contribution in [1.82, 2.24) is 4.98 Å². The summed E-state index contributed by atoms with van der Waals surface area (Å²) in [5.41, 5.74) is 1.74. The number of amides is 1. The van der Waals surface area contributed by atoms with Crippen LogP contribution in [0, 0.1) is 5.82 Å². The minimum absolute atomic E-state index is 0.0557. The standard InChI is InChI=1S/C39H36F4N2O6/c1-3-49-36-20-30(23-44-38(36)51-25-27-9-14-32(47-2)15-10-27)28-11-12-29(34(40)19-28)21-37(46)45-31-13-16-35(33(22-31)39(41,42)43)50-18-17-48-24-26-7-5-4-6-8-26/h4-16,19-20,22-23H,3,17-18,21,24-25H2,1-2H3,(H,45,46). The van der Waals surface area contributed by atoms with Crippen LogP contribution in [0.15, 0.2) is 103 Å². The van der Waals surface area contributed by atoms with E-state index in [0.29, 0.717) is 30.1 Å². The number of pyridine rings is 1. The van der Waals surface area contributed by atoms with E-state index in [1.165, 1.54) is 24.4 Å². The minimum atomic E-state index is -4.75.